The van der Waals surface area contributed by atoms with E-state index in [1.165, 1.54) is 0 Å². The zero-order valence-electron chi connectivity index (χ0n) is 11.7. The topological polar surface area (TPSA) is 28.2 Å². The fourth-order valence-electron chi connectivity index (χ4n) is 1.67. The molecule has 16 heavy (non-hydrogen) atoms. The molecule has 0 aliphatic heterocycles. The van der Waals surface area contributed by atoms with E-state index in [1.54, 1.807) is 0 Å². The van der Waals surface area contributed by atoms with E-state index in [4.69, 9.17) is 27.9 Å². The molecular formula is C8H24Cl2N2Si3Ti-2. The van der Waals surface area contributed by atoms with Gasteiger partial charge in [0.2, 0.25) is 0 Å². The fourth-order valence-corrected chi connectivity index (χ4v) is 15.4. The third-order valence-corrected chi connectivity index (χ3v) is 11.0. The molecule has 2 nitrogen and oxygen atoms in total. The Morgan fingerprint density at radius 2 is 0.875 bits per heavy atom. The molecule has 0 bridgehead atoms. The summed E-state index contributed by atoms with van der Waals surface area (Å²) in [4.78, 5) is 0. The summed E-state index contributed by atoms with van der Waals surface area (Å²) in [6.45, 7) is 18.3. The fraction of sp³-hybridized carbons (Fsp3) is 1.00. The summed E-state index contributed by atoms with van der Waals surface area (Å²) >= 11 is -0.556. The van der Waals surface area contributed by atoms with Gasteiger partial charge in [-0.3, -0.25) is 0 Å². The van der Waals surface area contributed by atoms with Crippen LogP contribution in [-0.2, 0) is 17.0 Å². The summed E-state index contributed by atoms with van der Waals surface area (Å²) in [6, 6.07) is 0. The van der Waals surface area contributed by atoms with E-state index in [0.29, 0.717) is 0 Å². The molecule has 0 amide bonds. The van der Waals surface area contributed by atoms with Crippen LogP contribution in [-0.4, -0.2) is 24.9 Å². The Labute approximate surface area is 121 Å². The average molecular weight is 351 g/mol. The van der Waals surface area contributed by atoms with Crippen LogP contribution in [0, 0.1) is 0 Å². The van der Waals surface area contributed by atoms with Crippen molar-refractivity contribution >= 4 is 43.5 Å². The van der Waals surface area contributed by atoms with Crippen molar-refractivity contribution in [1.29, 1.82) is 0 Å². The maximum atomic E-state index is 4.97. The van der Waals surface area contributed by atoms with Crippen molar-refractivity contribution in [2.45, 2.75) is 52.4 Å². The molecule has 8 heteroatoms. The molecule has 0 N–H and O–H groups in total. The van der Waals surface area contributed by atoms with Gasteiger partial charge in [0.15, 0.2) is 0 Å². The molecule has 0 atom stereocenters. The van der Waals surface area contributed by atoms with Crippen molar-refractivity contribution in [3.63, 3.8) is 0 Å². The van der Waals surface area contributed by atoms with E-state index in [-0.39, 0.29) is 0 Å². The van der Waals surface area contributed by atoms with Crippen molar-refractivity contribution in [3.8, 4) is 0 Å². The van der Waals surface area contributed by atoms with Crippen LogP contribution in [0.5, 0.6) is 0 Å². The van der Waals surface area contributed by atoms with Crippen molar-refractivity contribution in [3.05, 3.63) is 9.30 Å². The van der Waals surface area contributed by atoms with Gasteiger partial charge in [-0.05, 0) is 0 Å². The van der Waals surface area contributed by atoms with Crippen molar-refractivity contribution in [2.75, 3.05) is 0 Å². The van der Waals surface area contributed by atoms with Gasteiger partial charge in [0.1, 0.15) is 0 Å². The number of hydrogen-bond donors (Lipinski definition) is 0. The van der Waals surface area contributed by atoms with E-state index in [2.05, 4.69) is 52.4 Å². The summed E-state index contributed by atoms with van der Waals surface area (Å²) in [5, 5.41) is 0. The third-order valence-electron chi connectivity index (χ3n) is 1.22. The second kappa shape index (κ2) is 8.12. The van der Waals surface area contributed by atoms with Gasteiger partial charge in [-0.25, -0.2) is 0 Å². The molecule has 0 unspecified atom stereocenters. The predicted molar refractivity (Wildman–Crippen MR) is 82.6 cm³/mol. The van der Waals surface area contributed by atoms with Crippen LogP contribution in [0.4, 0.5) is 0 Å². The van der Waals surface area contributed by atoms with Crippen molar-refractivity contribution in [1.82, 2.24) is 0 Å². The standard InChI is InChI=1S/C8H24N2Si3.2ClH.Ti/c1-11(2,3)9-13(7,8)10-12(4,5)6;;;/h1-8H3;2*1H;/q-2;;;+2/p-2. The van der Waals surface area contributed by atoms with Crippen LogP contribution in [0.3, 0.4) is 0 Å². The Balaban J connectivity index is 0. The molecule has 0 spiro atoms. The molecule has 0 aromatic heterocycles. The Morgan fingerprint density at radius 3 is 1.00 bits per heavy atom. The average Bonchev–Trinajstić information content (AvgIpc) is 1.73. The molecule has 0 aliphatic rings. The Kier molecular flexibility index (Phi) is 10.2. The van der Waals surface area contributed by atoms with Crippen LogP contribution < -0.4 is 0 Å². The SMILES string of the molecule is C[Si](C)(C)[N-][Si](C)(C)[N-][Si](C)(C)C.[Cl][Ti][Cl]. The Morgan fingerprint density at radius 1 is 0.688 bits per heavy atom. The minimum atomic E-state index is -1.60. The van der Waals surface area contributed by atoms with E-state index in [9.17, 15) is 0 Å². The first-order chi connectivity index (χ1) is 6.83. The van der Waals surface area contributed by atoms with Crippen LogP contribution >= 0.6 is 18.6 Å². The van der Waals surface area contributed by atoms with Gasteiger partial charge in [-0.2, -0.15) is 8.40 Å². The molecular weight excluding hydrogens is 327 g/mol. The Hall–Kier alpha value is 1.86. The van der Waals surface area contributed by atoms with E-state index in [1.807, 2.05) is 0 Å². The first-order valence-electron chi connectivity index (χ1n) is 5.27. The van der Waals surface area contributed by atoms with Gasteiger partial charge < -0.3 is 9.30 Å². The molecule has 0 fully saturated rings. The first-order valence-corrected chi connectivity index (χ1v) is 19.4. The third kappa shape index (κ3) is 18.2. The number of nitrogens with zero attached hydrogens (tertiary/aromatic N) is 2. The second-order valence-electron chi connectivity index (χ2n) is 6.13. The number of halogens is 2. The first kappa shape index (κ1) is 20.2. The van der Waals surface area contributed by atoms with E-state index >= 15 is 0 Å². The summed E-state index contributed by atoms with van der Waals surface area (Å²) in [5.74, 6) is 0. The molecule has 0 radical (unpaired) electrons. The van der Waals surface area contributed by atoms with Crippen LogP contribution in [0.15, 0.2) is 0 Å². The molecule has 0 heterocycles. The molecule has 0 aromatic carbocycles. The van der Waals surface area contributed by atoms with Gasteiger partial charge in [-0.1, -0.05) is 55.8 Å². The summed E-state index contributed by atoms with van der Waals surface area (Å²) in [7, 11) is 5.62. The van der Waals surface area contributed by atoms with Crippen molar-refractivity contribution < 1.29 is 17.0 Å². The minimum absolute atomic E-state index is 0.556. The molecule has 0 rings (SSSR count). The second-order valence-corrected chi connectivity index (χ2v) is 22.2. The van der Waals surface area contributed by atoms with Gasteiger partial charge in [0.05, 0.1) is 0 Å². The molecule has 0 aliphatic carbocycles. The Bertz CT molecular complexity index is 175. The quantitative estimate of drug-likeness (QED) is 0.600. The van der Waals surface area contributed by atoms with Crippen LogP contribution in [0.25, 0.3) is 9.30 Å². The summed E-state index contributed by atoms with van der Waals surface area (Å²) in [6.07, 6.45) is 0. The summed E-state index contributed by atoms with van der Waals surface area (Å²) < 4.78 is 9.94. The summed E-state index contributed by atoms with van der Waals surface area (Å²) in [5.41, 5.74) is 0. The van der Waals surface area contributed by atoms with Gasteiger partial charge >= 0.3 is 35.6 Å². The number of rotatable bonds is 4. The monoisotopic (exact) mass is 350 g/mol. The van der Waals surface area contributed by atoms with Crippen molar-refractivity contribution in [2.24, 2.45) is 0 Å². The molecule has 0 saturated heterocycles. The zero-order chi connectivity index (χ0) is 13.6. The zero-order valence-corrected chi connectivity index (χ0v) is 17.7. The van der Waals surface area contributed by atoms with E-state index in [0.717, 1.165) is 0 Å². The van der Waals surface area contributed by atoms with Gasteiger partial charge in [-0.15, -0.1) is 13.1 Å². The normalized spacial score (nSPS) is 12.9. The van der Waals surface area contributed by atoms with Gasteiger partial charge in [0.25, 0.3) is 0 Å². The number of hydrogen-bond acceptors (Lipinski definition) is 0. The van der Waals surface area contributed by atoms with Crippen LogP contribution in [0.1, 0.15) is 0 Å². The predicted octanol–water partition coefficient (Wildman–Crippen LogP) is 5.48. The van der Waals surface area contributed by atoms with E-state index < -0.39 is 41.9 Å². The molecule has 0 saturated carbocycles. The molecule has 0 aromatic rings. The maximum absolute atomic E-state index is 4.97. The van der Waals surface area contributed by atoms with Crippen LogP contribution in [0.2, 0.25) is 52.4 Å². The molecule has 98 valence electrons. The van der Waals surface area contributed by atoms with Gasteiger partial charge in [0, 0.05) is 0 Å².